The molecule has 1 atom stereocenters. The van der Waals surface area contributed by atoms with Gasteiger partial charge < -0.3 is 14.8 Å². The van der Waals surface area contributed by atoms with Crippen LogP contribution in [-0.4, -0.2) is 25.2 Å². The summed E-state index contributed by atoms with van der Waals surface area (Å²) >= 11 is 5.89. The number of ether oxygens (including phenoxy) is 2. The predicted octanol–water partition coefficient (Wildman–Crippen LogP) is 3.86. The van der Waals surface area contributed by atoms with Gasteiger partial charge in [0, 0.05) is 5.02 Å². The van der Waals surface area contributed by atoms with Crippen LogP contribution < -0.4 is 14.8 Å². The third kappa shape index (κ3) is 5.78. The quantitative estimate of drug-likeness (QED) is 0.737. The molecule has 0 heterocycles. The zero-order chi connectivity index (χ0) is 17.4. The summed E-state index contributed by atoms with van der Waals surface area (Å²) in [4.78, 5) is 12.0. The van der Waals surface area contributed by atoms with Crippen LogP contribution in [0.3, 0.4) is 0 Å². The maximum atomic E-state index is 12.0. The zero-order valence-corrected chi connectivity index (χ0v) is 14.7. The summed E-state index contributed by atoms with van der Waals surface area (Å²) in [7, 11) is 0. The molecule has 2 rings (SSSR count). The minimum Gasteiger partial charge on any atom is -0.492 e. The number of carbonyl (C=O) groups is 1. The van der Waals surface area contributed by atoms with Gasteiger partial charge in [0.1, 0.15) is 18.1 Å². The summed E-state index contributed by atoms with van der Waals surface area (Å²) in [5, 5.41) is 3.36. The Balaban J connectivity index is 1.70. The molecule has 0 bridgehead atoms. The second kappa shape index (κ2) is 9.18. The van der Waals surface area contributed by atoms with Crippen LogP contribution in [0, 0.1) is 0 Å². The molecule has 0 unspecified atom stereocenters. The number of carbonyl (C=O) groups excluding carboxylic acids is 1. The Labute approximate surface area is 147 Å². The van der Waals surface area contributed by atoms with Crippen LogP contribution in [0.25, 0.3) is 0 Å². The highest BCUT2D eigenvalue weighted by molar-refractivity contribution is 6.30. The molecule has 0 aliphatic carbocycles. The van der Waals surface area contributed by atoms with Crippen LogP contribution in [-0.2, 0) is 11.2 Å². The first-order valence-electron chi connectivity index (χ1n) is 8.00. The van der Waals surface area contributed by atoms with Gasteiger partial charge in [0.15, 0.2) is 6.10 Å². The van der Waals surface area contributed by atoms with Gasteiger partial charge in [0.25, 0.3) is 5.91 Å². The molecule has 0 aromatic heterocycles. The predicted molar refractivity (Wildman–Crippen MR) is 95.9 cm³/mol. The molecule has 1 amide bonds. The van der Waals surface area contributed by atoms with Crippen molar-refractivity contribution in [2.45, 2.75) is 26.4 Å². The number of halogens is 1. The van der Waals surface area contributed by atoms with E-state index in [1.165, 1.54) is 5.56 Å². The smallest absolute Gasteiger partial charge is 0.260 e. The van der Waals surface area contributed by atoms with Crippen molar-refractivity contribution >= 4 is 17.5 Å². The molecule has 2 aromatic carbocycles. The lowest BCUT2D eigenvalue weighted by molar-refractivity contribution is -0.127. The van der Waals surface area contributed by atoms with Gasteiger partial charge >= 0.3 is 0 Å². The second-order valence-corrected chi connectivity index (χ2v) is 5.79. The fourth-order valence-corrected chi connectivity index (χ4v) is 2.29. The lowest BCUT2D eigenvalue weighted by Crippen LogP contribution is -2.38. The number of nitrogens with one attached hydrogen (secondary N) is 1. The number of hydrogen-bond donors (Lipinski definition) is 1. The number of hydrogen-bond acceptors (Lipinski definition) is 3. The van der Waals surface area contributed by atoms with Crippen molar-refractivity contribution in [3.8, 4) is 11.5 Å². The molecule has 4 nitrogen and oxygen atoms in total. The molecule has 1 N–H and O–H groups in total. The average molecular weight is 348 g/mol. The monoisotopic (exact) mass is 347 g/mol. The highest BCUT2D eigenvalue weighted by Crippen LogP contribution is 2.18. The van der Waals surface area contributed by atoms with Gasteiger partial charge in [-0.1, -0.05) is 36.7 Å². The number of benzene rings is 2. The lowest BCUT2D eigenvalue weighted by Gasteiger charge is -2.15. The first-order valence-corrected chi connectivity index (χ1v) is 8.38. The largest absolute Gasteiger partial charge is 0.492 e. The van der Waals surface area contributed by atoms with Crippen molar-refractivity contribution in [3.05, 3.63) is 59.1 Å². The normalized spacial score (nSPS) is 11.6. The van der Waals surface area contributed by atoms with Crippen molar-refractivity contribution in [1.29, 1.82) is 0 Å². The molecular weight excluding hydrogens is 326 g/mol. The highest BCUT2D eigenvalue weighted by Gasteiger charge is 2.14. The molecule has 128 valence electrons. The Bertz CT molecular complexity index is 658. The van der Waals surface area contributed by atoms with E-state index < -0.39 is 6.10 Å². The summed E-state index contributed by atoms with van der Waals surface area (Å²) in [6.07, 6.45) is 0.396. The Hall–Kier alpha value is -2.20. The van der Waals surface area contributed by atoms with E-state index >= 15 is 0 Å². The molecule has 0 saturated carbocycles. The van der Waals surface area contributed by atoms with E-state index in [1.54, 1.807) is 31.2 Å². The van der Waals surface area contributed by atoms with Crippen LogP contribution in [0.2, 0.25) is 5.02 Å². The van der Waals surface area contributed by atoms with Crippen molar-refractivity contribution < 1.29 is 14.3 Å². The van der Waals surface area contributed by atoms with Gasteiger partial charge in [-0.2, -0.15) is 0 Å². The lowest BCUT2D eigenvalue weighted by atomic mass is 10.2. The van der Waals surface area contributed by atoms with Gasteiger partial charge in [0.2, 0.25) is 0 Å². The Morgan fingerprint density at radius 1 is 1.17 bits per heavy atom. The molecule has 0 fully saturated rings. The maximum absolute atomic E-state index is 12.0. The van der Waals surface area contributed by atoms with E-state index in [1.807, 2.05) is 24.3 Å². The fraction of sp³-hybridized carbons (Fsp3) is 0.316. The molecule has 5 heteroatoms. The van der Waals surface area contributed by atoms with E-state index in [4.69, 9.17) is 21.1 Å². The van der Waals surface area contributed by atoms with Crippen molar-refractivity contribution in [2.24, 2.45) is 0 Å². The number of aryl methyl sites for hydroxylation is 1. The van der Waals surface area contributed by atoms with E-state index in [0.29, 0.717) is 23.9 Å². The first kappa shape index (κ1) is 18.1. The van der Waals surface area contributed by atoms with Crippen molar-refractivity contribution in [3.63, 3.8) is 0 Å². The third-order valence-corrected chi connectivity index (χ3v) is 3.71. The standard InChI is InChI=1S/C19H22ClNO3/c1-3-15-7-9-17(10-8-15)23-12-11-21-19(22)14(2)24-18-6-4-5-16(20)13-18/h4-10,13-14H,3,11-12H2,1-2H3,(H,21,22)/t14-/m1/s1. The summed E-state index contributed by atoms with van der Waals surface area (Å²) in [6.45, 7) is 4.62. The number of rotatable bonds is 8. The third-order valence-electron chi connectivity index (χ3n) is 3.48. The van der Waals surface area contributed by atoms with E-state index in [0.717, 1.165) is 12.2 Å². The maximum Gasteiger partial charge on any atom is 0.260 e. The van der Waals surface area contributed by atoms with Crippen molar-refractivity contribution in [1.82, 2.24) is 5.32 Å². The summed E-state index contributed by atoms with van der Waals surface area (Å²) < 4.78 is 11.2. The molecular formula is C19H22ClNO3. The minimum atomic E-state index is -0.604. The summed E-state index contributed by atoms with van der Waals surface area (Å²) in [5.74, 6) is 1.17. The molecule has 0 saturated heterocycles. The zero-order valence-electron chi connectivity index (χ0n) is 13.9. The Morgan fingerprint density at radius 3 is 2.58 bits per heavy atom. The first-order chi connectivity index (χ1) is 11.6. The second-order valence-electron chi connectivity index (χ2n) is 5.35. The van der Waals surface area contributed by atoms with Gasteiger partial charge in [-0.05, 0) is 49.2 Å². The fourth-order valence-electron chi connectivity index (χ4n) is 2.11. The van der Waals surface area contributed by atoms with E-state index in [-0.39, 0.29) is 5.91 Å². The SMILES string of the molecule is CCc1ccc(OCCNC(=O)[C@@H](C)Oc2cccc(Cl)c2)cc1. The van der Waals surface area contributed by atoms with Crippen LogP contribution in [0.5, 0.6) is 11.5 Å². The highest BCUT2D eigenvalue weighted by atomic mass is 35.5. The number of amides is 1. The topological polar surface area (TPSA) is 47.6 Å². The summed E-state index contributed by atoms with van der Waals surface area (Å²) in [6, 6.07) is 14.9. The molecule has 0 spiro atoms. The molecule has 0 aliphatic heterocycles. The van der Waals surface area contributed by atoms with Crippen LogP contribution in [0.1, 0.15) is 19.4 Å². The minimum absolute atomic E-state index is 0.195. The molecule has 0 radical (unpaired) electrons. The Kier molecular flexibility index (Phi) is 6.94. The van der Waals surface area contributed by atoms with Crippen LogP contribution in [0.4, 0.5) is 0 Å². The molecule has 0 aliphatic rings. The van der Waals surface area contributed by atoms with Gasteiger partial charge in [-0.15, -0.1) is 0 Å². The summed E-state index contributed by atoms with van der Waals surface area (Å²) in [5.41, 5.74) is 1.27. The van der Waals surface area contributed by atoms with Gasteiger partial charge in [-0.25, -0.2) is 0 Å². The Morgan fingerprint density at radius 2 is 1.92 bits per heavy atom. The average Bonchev–Trinajstić information content (AvgIpc) is 2.59. The van der Waals surface area contributed by atoms with E-state index in [9.17, 15) is 4.79 Å². The van der Waals surface area contributed by atoms with Crippen molar-refractivity contribution in [2.75, 3.05) is 13.2 Å². The van der Waals surface area contributed by atoms with Crippen LogP contribution >= 0.6 is 11.6 Å². The van der Waals surface area contributed by atoms with E-state index in [2.05, 4.69) is 12.2 Å². The molecule has 24 heavy (non-hydrogen) atoms. The van der Waals surface area contributed by atoms with Gasteiger partial charge in [0.05, 0.1) is 6.54 Å². The van der Waals surface area contributed by atoms with Gasteiger partial charge in [-0.3, -0.25) is 4.79 Å². The van der Waals surface area contributed by atoms with Crippen LogP contribution in [0.15, 0.2) is 48.5 Å². The molecule has 2 aromatic rings.